The molecule has 12 heavy (non-hydrogen) atoms. The smallest absolute Gasteiger partial charge is 0.225 e. The van der Waals surface area contributed by atoms with Crippen LogP contribution in [0.25, 0.3) is 0 Å². The fraction of sp³-hybridized carbons (Fsp3) is 0.889. The van der Waals surface area contributed by atoms with Crippen molar-refractivity contribution in [2.24, 2.45) is 11.8 Å². The zero-order valence-corrected chi connectivity index (χ0v) is 7.89. The van der Waals surface area contributed by atoms with Crippen LogP contribution in [0.1, 0.15) is 20.3 Å². The van der Waals surface area contributed by atoms with E-state index in [1.807, 2.05) is 0 Å². The van der Waals surface area contributed by atoms with Crippen molar-refractivity contribution >= 4 is 5.91 Å². The molecule has 1 rings (SSSR count). The van der Waals surface area contributed by atoms with Crippen molar-refractivity contribution in [2.45, 2.75) is 20.3 Å². The Bertz CT molecular complexity index is 153. The molecule has 0 unspecified atom stereocenters. The summed E-state index contributed by atoms with van der Waals surface area (Å²) in [7, 11) is 0. The lowest BCUT2D eigenvalue weighted by Crippen LogP contribution is -2.50. The SMILES string of the molecule is CC(C)CCNC(=O)C1CNC1. The molecule has 0 aliphatic carbocycles. The maximum atomic E-state index is 11.3. The van der Waals surface area contributed by atoms with E-state index in [0.717, 1.165) is 26.1 Å². The molecule has 1 saturated heterocycles. The molecule has 0 radical (unpaired) electrons. The molecule has 1 amide bonds. The number of hydrogen-bond acceptors (Lipinski definition) is 2. The molecule has 0 saturated carbocycles. The number of rotatable bonds is 4. The fourth-order valence-corrected chi connectivity index (χ4v) is 1.10. The summed E-state index contributed by atoms with van der Waals surface area (Å²) in [5, 5.41) is 6.02. The molecule has 1 fully saturated rings. The van der Waals surface area contributed by atoms with Crippen LogP contribution in [0.5, 0.6) is 0 Å². The van der Waals surface area contributed by atoms with Crippen molar-refractivity contribution in [3.05, 3.63) is 0 Å². The van der Waals surface area contributed by atoms with E-state index in [9.17, 15) is 4.79 Å². The van der Waals surface area contributed by atoms with Crippen LogP contribution < -0.4 is 10.6 Å². The van der Waals surface area contributed by atoms with Crippen LogP contribution in [0, 0.1) is 11.8 Å². The van der Waals surface area contributed by atoms with Gasteiger partial charge in [0.1, 0.15) is 0 Å². The first kappa shape index (κ1) is 9.52. The number of carbonyl (C=O) groups is 1. The van der Waals surface area contributed by atoms with Gasteiger partial charge in [0.25, 0.3) is 0 Å². The second-order valence-electron chi connectivity index (χ2n) is 3.83. The van der Waals surface area contributed by atoms with E-state index in [0.29, 0.717) is 5.92 Å². The van der Waals surface area contributed by atoms with Crippen molar-refractivity contribution < 1.29 is 4.79 Å². The Hall–Kier alpha value is -0.570. The van der Waals surface area contributed by atoms with E-state index < -0.39 is 0 Å². The monoisotopic (exact) mass is 170 g/mol. The molecule has 0 spiro atoms. The maximum Gasteiger partial charge on any atom is 0.225 e. The van der Waals surface area contributed by atoms with Crippen LogP contribution in [0.4, 0.5) is 0 Å². The Morgan fingerprint density at radius 3 is 2.67 bits per heavy atom. The van der Waals surface area contributed by atoms with Gasteiger partial charge in [0, 0.05) is 19.6 Å². The van der Waals surface area contributed by atoms with Gasteiger partial charge in [-0.3, -0.25) is 4.79 Å². The third-order valence-corrected chi connectivity index (χ3v) is 2.17. The van der Waals surface area contributed by atoms with Gasteiger partial charge in [-0.05, 0) is 12.3 Å². The molecule has 0 aromatic carbocycles. The van der Waals surface area contributed by atoms with E-state index in [4.69, 9.17) is 0 Å². The summed E-state index contributed by atoms with van der Waals surface area (Å²) in [4.78, 5) is 11.3. The maximum absolute atomic E-state index is 11.3. The van der Waals surface area contributed by atoms with E-state index in [2.05, 4.69) is 24.5 Å². The van der Waals surface area contributed by atoms with E-state index in [1.54, 1.807) is 0 Å². The Morgan fingerprint density at radius 2 is 2.25 bits per heavy atom. The van der Waals surface area contributed by atoms with Gasteiger partial charge in [0.2, 0.25) is 5.91 Å². The van der Waals surface area contributed by atoms with Gasteiger partial charge in [-0.25, -0.2) is 0 Å². The average molecular weight is 170 g/mol. The molecule has 0 aromatic heterocycles. The minimum atomic E-state index is 0.217. The van der Waals surface area contributed by atoms with Crippen LogP contribution in [0.2, 0.25) is 0 Å². The third-order valence-electron chi connectivity index (χ3n) is 2.17. The Morgan fingerprint density at radius 1 is 1.58 bits per heavy atom. The number of carbonyl (C=O) groups excluding carboxylic acids is 1. The summed E-state index contributed by atoms with van der Waals surface area (Å²) in [5.41, 5.74) is 0. The molecule has 0 bridgehead atoms. The van der Waals surface area contributed by atoms with Crippen molar-refractivity contribution in [1.29, 1.82) is 0 Å². The molecule has 2 N–H and O–H groups in total. The van der Waals surface area contributed by atoms with E-state index in [-0.39, 0.29) is 11.8 Å². The van der Waals surface area contributed by atoms with Crippen LogP contribution in [0.3, 0.4) is 0 Å². The van der Waals surface area contributed by atoms with Crippen LogP contribution >= 0.6 is 0 Å². The highest BCUT2D eigenvalue weighted by Crippen LogP contribution is 2.02. The summed E-state index contributed by atoms with van der Waals surface area (Å²) >= 11 is 0. The Labute approximate surface area is 73.9 Å². The van der Waals surface area contributed by atoms with Gasteiger partial charge < -0.3 is 10.6 Å². The summed E-state index contributed by atoms with van der Waals surface area (Å²) in [5.74, 6) is 1.12. The normalized spacial score (nSPS) is 17.6. The molecular formula is C9H18N2O. The summed E-state index contributed by atoms with van der Waals surface area (Å²) in [6.07, 6.45) is 1.08. The second-order valence-corrected chi connectivity index (χ2v) is 3.83. The predicted molar refractivity (Wildman–Crippen MR) is 48.8 cm³/mol. The van der Waals surface area contributed by atoms with E-state index in [1.165, 1.54) is 0 Å². The first-order valence-corrected chi connectivity index (χ1v) is 4.68. The lowest BCUT2D eigenvalue weighted by atomic mass is 10.0. The molecule has 70 valence electrons. The average Bonchev–Trinajstić information content (AvgIpc) is 1.81. The lowest BCUT2D eigenvalue weighted by molar-refractivity contribution is -0.126. The van der Waals surface area contributed by atoms with Crippen LogP contribution in [-0.2, 0) is 4.79 Å². The first-order chi connectivity index (χ1) is 5.70. The Kier molecular flexibility index (Phi) is 3.53. The van der Waals surface area contributed by atoms with Crippen molar-refractivity contribution in [1.82, 2.24) is 10.6 Å². The molecule has 1 aliphatic rings. The molecule has 0 aromatic rings. The zero-order chi connectivity index (χ0) is 8.97. The largest absolute Gasteiger partial charge is 0.356 e. The molecule has 0 atom stereocenters. The molecule has 3 nitrogen and oxygen atoms in total. The van der Waals surface area contributed by atoms with Crippen molar-refractivity contribution in [3.63, 3.8) is 0 Å². The van der Waals surface area contributed by atoms with Crippen molar-refractivity contribution in [3.8, 4) is 0 Å². The predicted octanol–water partition coefficient (Wildman–Crippen LogP) is 0.368. The van der Waals surface area contributed by atoms with Gasteiger partial charge in [-0.1, -0.05) is 13.8 Å². The lowest BCUT2D eigenvalue weighted by Gasteiger charge is -2.25. The molecular weight excluding hydrogens is 152 g/mol. The van der Waals surface area contributed by atoms with Gasteiger partial charge in [-0.2, -0.15) is 0 Å². The standard InChI is InChI=1S/C9H18N2O/c1-7(2)3-4-11-9(12)8-5-10-6-8/h7-8,10H,3-6H2,1-2H3,(H,11,12). The van der Waals surface area contributed by atoms with Crippen LogP contribution in [0.15, 0.2) is 0 Å². The Balaban J connectivity index is 2.02. The minimum Gasteiger partial charge on any atom is -0.356 e. The zero-order valence-electron chi connectivity index (χ0n) is 7.89. The molecule has 3 heteroatoms. The van der Waals surface area contributed by atoms with Crippen molar-refractivity contribution in [2.75, 3.05) is 19.6 Å². The van der Waals surface area contributed by atoms with Gasteiger partial charge in [-0.15, -0.1) is 0 Å². The number of amides is 1. The highest BCUT2D eigenvalue weighted by Gasteiger charge is 2.23. The minimum absolute atomic E-state index is 0.217. The molecule has 1 heterocycles. The highest BCUT2D eigenvalue weighted by atomic mass is 16.2. The van der Waals surface area contributed by atoms with Crippen LogP contribution in [-0.4, -0.2) is 25.5 Å². The topological polar surface area (TPSA) is 41.1 Å². The number of hydrogen-bond donors (Lipinski definition) is 2. The quantitative estimate of drug-likeness (QED) is 0.640. The third kappa shape index (κ3) is 2.81. The second kappa shape index (κ2) is 4.45. The summed E-state index contributed by atoms with van der Waals surface area (Å²) in [6, 6.07) is 0. The molecule has 1 aliphatic heterocycles. The number of nitrogens with one attached hydrogen (secondary N) is 2. The van der Waals surface area contributed by atoms with Gasteiger partial charge in [0.05, 0.1) is 5.92 Å². The first-order valence-electron chi connectivity index (χ1n) is 4.68. The van der Waals surface area contributed by atoms with Gasteiger partial charge in [0.15, 0.2) is 0 Å². The fourth-order valence-electron chi connectivity index (χ4n) is 1.10. The van der Waals surface area contributed by atoms with Gasteiger partial charge >= 0.3 is 0 Å². The van der Waals surface area contributed by atoms with E-state index >= 15 is 0 Å². The summed E-state index contributed by atoms with van der Waals surface area (Å²) < 4.78 is 0. The summed E-state index contributed by atoms with van der Waals surface area (Å²) in [6.45, 7) is 6.86. The highest BCUT2D eigenvalue weighted by molar-refractivity contribution is 5.79.